The van der Waals surface area contributed by atoms with Crippen molar-refractivity contribution in [3.63, 3.8) is 0 Å². The summed E-state index contributed by atoms with van der Waals surface area (Å²) in [5.74, 6) is -0.430. The van der Waals surface area contributed by atoms with Crippen molar-refractivity contribution in [1.82, 2.24) is 4.90 Å². The van der Waals surface area contributed by atoms with Gasteiger partial charge in [-0.15, -0.1) is 11.3 Å². The Balaban J connectivity index is 1.58. The second-order valence-electron chi connectivity index (χ2n) is 6.97. The minimum atomic E-state index is -0.640. The molecule has 0 saturated carbocycles. The maximum Gasteiger partial charge on any atom is 0.311 e. The molecule has 0 bridgehead atoms. The van der Waals surface area contributed by atoms with Crippen molar-refractivity contribution < 1.29 is 10.0 Å². The van der Waals surface area contributed by atoms with Crippen molar-refractivity contribution in [2.45, 2.75) is 19.5 Å². The molecule has 2 heterocycles. The summed E-state index contributed by atoms with van der Waals surface area (Å²) < 4.78 is 0. The van der Waals surface area contributed by atoms with Gasteiger partial charge in [-0.3, -0.25) is 15.0 Å². The zero-order valence-corrected chi connectivity index (χ0v) is 16.8. The van der Waals surface area contributed by atoms with Crippen molar-refractivity contribution in [2.75, 3.05) is 6.54 Å². The fourth-order valence-electron chi connectivity index (χ4n) is 3.55. The first-order valence-corrected chi connectivity index (χ1v) is 10.2. The molecule has 0 saturated heterocycles. The third-order valence-electron chi connectivity index (χ3n) is 5.04. The van der Waals surface area contributed by atoms with E-state index in [1.165, 1.54) is 35.2 Å². The number of phenolic OH excluding ortho intramolecular Hbond substituents is 1. The van der Waals surface area contributed by atoms with Gasteiger partial charge in [-0.05, 0) is 23.6 Å². The standard InChI is InChI=1S/C22H18N4O3S/c23-11-18-17-9-10-25(13-15-5-2-1-3-6-15)14-20(17)30-22(18)24-12-16-7-4-8-19(21(16)27)26(28)29/h1-8,12,27H,9-10,13-14H2/b24-12+. The summed E-state index contributed by atoms with van der Waals surface area (Å²) in [5.41, 5.74) is 2.70. The zero-order valence-electron chi connectivity index (χ0n) is 16.0. The molecule has 30 heavy (non-hydrogen) atoms. The number of para-hydroxylation sites is 1. The van der Waals surface area contributed by atoms with Gasteiger partial charge in [-0.25, -0.2) is 4.99 Å². The number of benzene rings is 2. The molecule has 1 aliphatic rings. The van der Waals surface area contributed by atoms with Crippen LogP contribution in [-0.4, -0.2) is 27.7 Å². The minimum absolute atomic E-state index is 0.241. The Morgan fingerprint density at radius 1 is 1.27 bits per heavy atom. The van der Waals surface area contributed by atoms with E-state index < -0.39 is 10.7 Å². The molecule has 0 aliphatic carbocycles. The number of nitro benzene ring substituents is 1. The highest BCUT2D eigenvalue weighted by molar-refractivity contribution is 7.16. The highest BCUT2D eigenvalue weighted by Gasteiger charge is 2.24. The molecule has 8 heteroatoms. The van der Waals surface area contributed by atoms with Gasteiger partial charge >= 0.3 is 5.69 Å². The largest absolute Gasteiger partial charge is 0.502 e. The van der Waals surface area contributed by atoms with Crippen LogP contribution in [0.15, 0.2) is 53.5 Å². The molecule has 0 radical (unpaired) electrons. The molecule has 0 fully saturated rings. The molecule has 7 nitrogen and oxygen atoms in total. The molecule has 0 amide bonds. The molecule has 3 aromatic rings. The first-order valence-electron chi connectivity index (χ1n) is 9.38. The summed E-state index contributed by atoms with van der Waals surface area (Å²) in [6.45, 7) is 2.46. The number of aromatic hydroxyl groups is 1. The van der Waals surface area contributed by atoms with Crippen molar-refractivity contribution in [3.05, 3.63) is 85.8 Å². The lowest BCUT2D eigenvalue weighted by Gasteiger charge is -2.26. The van der Waals surface area contributed by atoms with E-state index >= 15 is 0 Å². The van der Waals surface area contributed by atoms with E-state index in [4.69, 9.17) is 0 Å². The summed E-state index contributed by atoms with van der Waals surface area (Å²) >= 11 is 1.46. The maximum absolute atomic E-state index is 11.0. The molecular weight excluding hydrogens is 400 g/mol. The molecule has 1 N–H and O–H groups in total. The lowest BCUT2D eigenvalue weighted by atomic mass is 10.0. The van der Waals surface area contributed by atoms with Gasteiger partial charge in [0.15, 0.2) is 0 Å². The molecular formula is C22H18N4O3S. The SMILES string of the molecule is N#Cc1c(/N=C/c2cccc([N+](=O)[O-])c2O)sc2c1CCN(Cc1ccccc1)C2. The predicted molar refractivity (Wildman–Crippen MR) is 115 cm³/mol. The van der Waals surface area contributed by atoms with Gasteiger partial charge in [-0.1, -0.05) is 36.4 Å². The minimum Gasteiger partial charge on any atom is -0.502 e. The number of nitrogens with zero attached hydrogens (tertiary/aromatic N) is 4. The van der Waals surface area contributed by atoms with Crippen LogP contribution in [0.5, 0.6) is 5.75 Å². The van der Waals surface area contributed by atoms with Crippen molar-refractivity contribution in [1.29, 1.82) is 5.26 Å². The highest BCUT2D eigenvalue weighted by Crippen LogP contribution is 2.39. The fraction of sp³-hybridized carbons (Fsp3) is 0.182. The lowest BCUT2D eigenvalue weighted by Crippen LogP contribution is -2.29. The van der Waals surface area contributed by atoms with E-state index in [0.717, 1.165) is 36.5 Å². The Labute approximate surface area is 177 Å². The Hall–Kier alpha value is -3.54. The van der Waals surface area contributed by atoms with E-state index in [1.54, 1.807) is 6.07 Å². The maximum atomic E-state index is 11.0. The van der Waals surface area contributed by atoms with Crippen LogP contribution in [-0.2, 0) is 19.5 Å². The molecule has 0 unspecified atom stereocenters. The highest BCUT2D eigenvalue weighted by atomic mass is 32.1. The second kappa shape index (κ2) is 8.45. The number of aliphatic imine (C=N–C) groups is 1. The number of hydrogen-bond donors (Lipinski definition) is 1. The Kier molecular flexibility index (Phi) is 5.57. The zero-order chi connectivity index (χ0) is 21.1. The summed E-state index contributed by atoms with van der Waals surface area (Å²) in [6, 6.07) is 16.8. The van der Waals surface area contributed by atoms with Gasteiger partial charge in [0.25, 0.3) is 0 Å². The van der Waals surface area contributed by atoms with Crippen LogP contribution in [0.3, 0.4) is 0 Å². The van der Waals surface area contributed by atoms with Crippen LogP contribution in [0.4, 0.5) is 10.7 Å². The number of nitro groups is 1. The number of thiophene rings is 1. The number of fused-ring (bicyclic) bond motifs is 1. The van der Waals surface area contributed by atoms with Gasteiger partial charge in [0, 0.05) is 42.4 Å². The van der Waals surface area contributed by atoms with Crippen molar-refractivity contribution in [2.24, 2.45) is 4.99 Å². The van der Waals surface area contributed by atoms with Gasteiger partial charge < -0.3 is 5.11 Å². The van der Waals surface area contributed by atoms with E-state index in [-0.39, 0.29) is 11.3 Å². The third-order valence-corrected chi connectivity index (χ3v) is 6.17. The molecule has 1 aliphatic heterocycles. The van der Waals surface area contributed by atoms with Crippen LogP contribution in [0.25, 0.3) is 0 Å². The van der Waals surface area contributed by atoms with Crippen LogP contribution in [0.1, 0.15) is 27.1 Å². The number of rotatable bonds is 5. The summed E-state index contributed by atoms with van der Waals surface area (Å²) in [6.07, 6.45) is 2.15. The quantitative estimate of drug-likeness (QED) is 0.372. The van der Waals surface area contributed by atoms with Crippen molar-refractivity contribution >= 4 is 28.2 Å². The molecule has 4 rings (SSSR count). The molecule has 1 aromatic heterocycles. The summed E-state index contributed by atoms with van der Waals surface area (Å²) in [4.78, 5) is 18.2. The first-order chi connectivity index (χ1) is 14.6. The Morgan fingerprint density at radius 3 is 2.80 bits per heavy atom. The summed E-state index contributed by atoms with van der Waals surface area (Å²) in [7, 11) is 0. The third kappa shape index (κ3) is 3.94. The van der Waals surface area contributed by atoms with Crippen LogP contribution >= 0.6 is 11.3 Å². The fourth-order valence-corrected chi connectivity index (χ4v) is 4.74. The van der Waals surface area contributed by atoms with Gasteiger partial charge in [-0.2, -0.15) is 5.26 Å². The average molecular weight is 418 g/mol. The Bertz CT molecular complexity index is 1170. The van der Waals surface area contributed by atoms with Crippen molar-refractivity contribution in [3.8, 4) is 11.8 Å². The van der Waals surface area contributed by atoms with E-state index in [1.807, 2.05) is 18.2 Å². The molecule has 2 aromatic carbocycles. The number of phenols is 1. The van der Waals surface area contributed by atoms with E-state index in [2.05, 4.69) is 28.1 Å². The normalized spacial score (nSPS) is 13.8. The molecule has 0 atom stereocenters. The van der Waals surface area contributed by atoms with Gasteiger partial charge in [0.1, 0.15) is 11.1 Å². The average Bonchev–Trinajstić information content (AvgIpc) is 3.10. The van der Waals surface area contributed by atoms with Crippen LogP contribution < -0.4 is 0 Å². The van der Waals surface area contributed by atoms with Gasteiger partial charge in [0.2, 0.25) is 5.75 Å². The van der Waals surface area contributed by atoms with E-state index in [0.29, 0.717) is 10.6 Å². The monoisotopic (exact) mass is 418 g/mol. The molecule has 0 spiro atoms. The van der Waals surface area contributed by atoms with Gasteiger partial charge in [0.05, 0.1) is 10.5 Å². The number of nitriles is 1. The summed E-state index contributed by atoms with van der Waals surface area (Å²) in [5, 5.41) is 31.3. The Morgan fingerprint density at radius 2 is 2.07 bits per heavy atom. The lowest BCUT2D eigenvalue weighted by molar-refractivity contribution is -0.385. The second-order valence-corrected chi connectivity index (χ2v) is 8.06. The van der Waals surface area contributed by atoms with Crippen LogP contribution in [0.2, 0.25) is 0 Å². The van der Waals surface area contributed by atoms with Crippen LogP contribution in [0, 0.1) is 21.4 Å². The molecule has 150 valence electrons. The first kappa shape index (κ1) is 19.8. The topological polar surface area (TPSA) is 103 Å². The smallest absolute Gasteiger partial charge is 0.311 e. The number of hydrogen-bond acceptors (Lipinski definition) is 7. The van der Waals surface area contributed by atoms with E-state index in [9.17, 15) is 20.5 Å². The predicted octanol–water partition coefficient (Wildman–Crippen LogP) is 4.54.